The summed E-state index contributed by atoms with van der Waals surface area (Å²) < 4.78 is 24.1. The molecule has 0 unspecified atom stereocenters. The molecule has 0 radical (unpaired) electrons. The summed E-state index contributed by atoms with van der Waals surface area (Å²) in [5.41, 5.74) is -0.595. The molecule has 0 aliphatic heterocycles. The molecule has 6 nitrogen and oxygen atoms in total. The van der Waals surface area contributed by atoms with Crippen molar-refractivity contribution < 1.29 is 23.6 Å². The Bertz CT molecular complexity index is 832. The molecule has 7 heteroatoms. The van der Waals surface area contributed by atoms with Gasteiger partial charge in [0, 0.05) is 6.07 Å². The third kappa shape index (κ3) is 3.05. The lowest BCUT2D eigenvalue weighted by atomic mass is 9.64. The van der Waals surface area contributed by atoms with E-state index < -0.39 is 22.1 Å². The van der Waals surface area contributed by atoms with Gasteiger partial charge in [0.15, 0.2) is 11.5 Å². The highest BCUT2D eigenvalue weighted by Gasteiger charge is 2.47. The van der Waals surface area contributed by atoms with E-state index in [0.29, 0.717) is 18.4 Å². The van der Waals surface area contributed by atoms with Crippen molar-refractivity contribution in [3.8, 4) is 11.5 Å². The molecule has 0 spiro atoms. The van der Waals surface area contributed by atoms with Crippen LogP contribution in [0.15, 0.2) is 42.5 Å². The first kappa shape index (κ1) is 16.9. The SMILES string of the molecule is COc1ccc([N+](=O)[O-])cc1OC(=O)C1(c2cccc(F)c2)CCC1. The molecule has 1 fully saturated rings. The van der Waals surface area contributed by atoms with Crippen molar-refractivity contribution in [2.45, 2.75) is 24.7 Å². The normalized spacial score (nSPS) is 15.1. The van der Waals surface area contributed by atoms with Gasteiger partial charge in [-0.05, 0) is 36.6 Å². The lowest BCUT2D eigenvalue weighted by molar-refractivity contribution is -0.384. The van der Waals surface area contributed by atoms with Gasteiger partial charge in [0.05, 0.1) is 23.5 Å². The smallest absolute Gasteiger partial charge is 0.322 e. The second-order valence-electron chi connectivity index (χ2n) is 5.93. The molecule has 1 aliphatic carbocycles. The van der Waals surface area contributed by atoms with Crippen LogP contribution in [-0.2, 0) is 10.2 Å². The predicted octanol–water partition coefficient (Wildman–Crippen LogP) is 3.77. The molecule has 0 bridgehead atoms. The van der Waals surface area contributed by atoms with Crippen molar-refractivity contribution in [2.24, 2.45) is 0 Å². The maximum absolute atomic E-state index is 13.6. The number of nitro benzene ring substituents is 1. The van der Waals surface area contributed by atoms with Gasteiger partial charge in [-0.15, -0.1) is 0 Å². The molecular weight excluding hydrogens is 329 g/mol. The Labute approximate surface area is 143 Å². The second kappa shape index (κ2) is 6.51. The Balaban J connectivity index is 1.93. The number of benzene rings is 2. The molecule has 130 valence electrons. The van der Waals surface area contributed by atoms with Crippen molar-refractivity contribution in [2.75, 3.05) is 7.11 Å². The number of nitro groups is 1. The second-order valence-corrected chi connectivity index (χ2v) is 5.93. The van der Waals surface area contributed by atoms with Gasteiger partial charge in [0.2, 0.25) is 0 Å². The van der Waals surface area contributed by atoms with Crippen LogP contribution in [0.2, 0.25) is 0 Å². The standard InChI is InChI=1S/C18H16FNO5/c1-24-15-7-6-14(20(22)23)11-16(15)25-17(21)18(8-3-9-18)12-4-2-5-13(19)10-12/h2,4-7,10-11H,3,8-9H2,1H3. The number of esters is 1. The number of carbonyl (C=O) groups excluding carboxylic acids is 1. The minimum atomic E-state index is -0.933. The van der Waals surface area contributed by atoms with Crippen molar-refractivity contribution in [1.82, 2.24) is 0 Å². The molecule has 3 rings (SSSR count). The van der Waals surface area contributed by atoms with E-state index in [1.165, 1.54) is 31.4 Å². The number of methoxy groups -OCH3 is 1. The Hall–Kier alpha value is -2.96. The van der Waals surface area contributed by atoms with E-state index in [4.69, 9.17) is 9.47 Å². The molecule has 0 heterocycles. The highest BCUT2D eigenvalue weighted by molar-refractivity contribution is 5.86. The first-order valence-electron chi connectivity index (χ1n) is 7.77. The Morgan fingerprint density at radius 3 is 2.52 bits per heavy atom. The summed E-state index contributed by atoms with van der Waals surface area (Å²) in [5.74, 6) is -0.801. The number of non-ortho nitro benzene ring substituents is 1. The monoisotopic (exact) mass is 345 g/mol. The molecule has 1 aliphatic rings. The van der Waals surface area contributed by atoms with Gasteiger partial charge in [0.25, 0.3) is 5.69 Å². The van der Waals surface area contributed by atoms with Gasteiger partial charge in [-0.25, -0.2) is 4.39 Å². The maximum atomic E-state index is 13.6. The first-order valence-corrected chi connectivity index (χ1v) is 7.77. The lowest BCUT2D eigenvalue weighted by Gasteiger charge is -2.39. The fraction of sp³-hybridized carbons (Fsp3) is 0.278. The summed E-state index contributed by atoms with van der Waals surface area (Å²) in [6.07, 6.45) is 1.89. The molecule has 2 aromatic carbocycles. The number of rotatable bonds is 5. The van der Waals surface area contributed by atoms with Crippen LogP contribution in [0.3, 0.4) is 0 Å². The zero-order chi connectivity index (χ0) is 18.0. The molecule has 1 saturated carbocycles. The van der Waals surface area contributed by atoms with Gasteiger partial charge in [-0.3, -0.25) is 14.9 Å². The van der Waals surface area contributed by atoms with Gasteiger partial charge < -0.3 is 9.47 Å². The number of carbonyl (C=O) groups is 1. The van der Waals surface area contributed by atoms with Crippen LogP contribution in [0, 0.1) is 15.9 Å². The Morgan fingerprint density at radius 2 is 1.96 bits per heavy atom. The summed E-state index contributed by atoms with van der Waals surface area (Å²) in [6.45, 7) is 0. The third-order valence-electron chi connectivity index (χ3n) is 4.54. The van der Waals surface area contributed by atoms with E-state index in [-0.39, 0.29) is 17.2 Å². The van der Waals surface area contributed by atoms with Gasteiger partial charge in [0.1, 0.15) is 5.82 Å². The van der Waals surface area contributed by atoms with E-state index >= 15 is 0 Å². The summed E-state index contributed by atoms with van der Waals surface area (Å²) in [5, 5.41) is 10.9. The molecular formula is C18H16FNO5. The molecule has 0 saturated heterocycles. The van der Waals surface area contributed by atoms with Crippen LogP contribution in [0.5, 0.6) is 11.5 Å². The molecule has 0 atom stereocenters. The maximum Gasteiger partial charge on any atom is 0.322 e. The fourth-order valence-electron chi connectivity index (χ4n) is 2.98. The quantitative estimate of drug-likeness (QED) is 0.357. The van der Waals surface area contributed by atoms with Crippen LogP contribution in [-0.4, -0.2) is 18.0 Å². The van der Waals surface area contributed by atoms with Crippen LogP contribution in [0.4, 0.5) is 10.1 Å². The van der Waals surface area contributed by atoms with Crippen molar-refractivity contribution in [3.05, 3.63) is 64.0 Å². The molecule has 25 heavy (non-hydrogen) atoms. The number of ether oxygens (including phenoxy) is 2. The predicted molar refractivity (Wildman–Crippen MR) is 87.2 cm³/mol. The fourth-order valence-corrected chi connectivity index (χ4v) is 2.98. The number of hydrogen-bond donors (Lipinski definition) is 0. The van der Waals surface area contributed by atoms with Gasteiger partial charge in [-0.2, -0.15) is 0 Å². The zero-order valence-electron chi connectivity index (χ0n) is 13.5. The van der Waals surface area contributed by atoms with E-state index in [1.807, 2.05) is 0 Å². The van der Waals surface area contributed by atoms with Crippen molar-refractivity contribution >= 4 is 11.7 Å². The van der Waals surface area contributed by atoms with E-state index in [1.54, 1.807) is 12.1 Å². The van der Waals surface area contributed by atoms with E-state index in [9.17, 15) is 19.3 Å². The zero-order valence-corrected chi connectivity index (χ0v) is 13.5. The third-order valence-corrected chi connectivity index (χ3v) is 4.54. The minimum Gasteiger partial charge on any atom is -0.493 e. The van der Waals surface area contributed by atoms with Crippen molar-refractivity contribution in [1.29, 1.82) is 0 Å². The highest BCUT2D eigenvalue weighted by atomic mass is 19.1. The topological polar surface area (TPSA) is 78.7 Å². The van der Waals surface area contributed by atoms with E-state index in [2.05, 4.69) is 0 Å². The lowest BCUT2D eigenvalue weighted by Crippen LogP contribution is -2.45. The first-order chi connectivity index (χ1) is 12.0. The van der Waals surface area contributed by atoms with Crippen LogP contribution in [0.1, 0.15) is 24.8 Å². The summed E-state index contributed by atoms with van der Waals surface area (Å²) in [6, 6.07) is 9.66. The highest BCUT2D eigenvalue weighted by Crippen LogP contribution is 2.45. The molecule has 2 aromatic rings. The van der Waals surface area contributed by atoms with Crippen LogP contribution >= 0.6 is 0 Å². The summed E-state index contributed by atoms with van der Waals surface area (Å²) in [4.78, 5) is 23.2. The molecule has 0 amide bonds. The minimum absolute atomic E-state index is 0.0237. The number of halogens is 1. The summed E-state index contributed by atoms with van der Waals surface area (Å²) >= 11 is 0. The van der Waals surface area contributed by atoms with Crippen LogP contribution in [0.25, 0.3) is 0 Å². The average Bonchev–Trinajstić information content (AvgIpc) is 2.53. The van der Waals surface area contributed by atoms with Gasteiger partial charge in [-0.1, -0.05) is 18.6 Å². The van der Waals surface area contributed by atoms with Crippen LogP contribution < -0.4 is 9.47 Å². The summed E-state index contributed by atoms with van der Waals surface area (Å²) in [7, 11) is 1.38. The Kier molecular flexibility index (Phi) is 4.39. The molecule has 0 N–H and O–H groups in total. The average molecular weight is 345 g/mol. The van der Waals surface area contributed by atoms with E-state index in [0.717, 1.165) is 12.5 Å². The Morgan fingerprint density at radius 1 is 1.20 bits per heavy atom. The van der Waals surface area contributed by atoms with Crippen molar-refractivity contribution in [3.63, 3.8) is 0 Å². The van der Waals surface area contributed by atoms with Gasteiger partial charge >= 0.3 is 5.97 Å². The largest absolute Gasteiger partial charge is 0.493 e. The number of hydrogen-bond acceptors (Lipinski definition) is 5. The molecule has 0 aromatic heterocycles. The number of nitrogens with zero attached hydrogens (tertiary/aromatic N) is 1.